The van der Waals surface area contributed by atoms with Crippen LogP contribution >= 0.6 is 22.9 Å². The molecule has 2 aromatic heterocycles. The van der Waals surface area contributed by atoms with Crippen LogP contribution in [0.2, 0.25) is 5.28 Å². The molecule has 27 heavy (non-hydrogen) atoms. The van der Waals surface area contributed by atoms with Crippen LogP contribution < -0.4 is 4.90 Å². The van der Waals surface area contributed by atoms with E-state index in [-0.39, 0.29) is 0 Å². The summed E-state index contributed by atoms with van der Waals surface area (Å²) in [5, 5.41) is 1.51. The monoisotopic (exact) mass is 399 g/mol. The fraction of sp³-hybridized carbons (Fsp3) is 0.455. The van der Waals surface area contributed by atoms with Crippen LogP contribution in [-0.4, -0.2) is 23.1 Å². The molecule has 3 aromatic rings. The smallest absolute Gasteiger partial charge is 0.225 e. The summed E-state index contributed by atoms with van der Waals surface area (Å²) in [5.41, 5.74) is 3.86. The number of aromatic nitrogens is 2. The molecule has 0 amide bonds. The van der Waals surface area contributed by atoms with E-state index in [9.17, 15) is 0 Å². The first kappa shape index (κ1) is 18.7. The zero-order valence-corrected chi connectivity index (χ0v) is 18.0. The molecule has 1 aromatic carbocycles. The van der Waals surface area contributed by atoms with Crippen LogP contribution in [0.25, 0.3) is 21.3 Å². The number of anilines is 1. The van der Waals surface area contributed by atoms with Crippen molar-refractivity contribution in [3.8, 4) is 11.1 Å². The van der Waals surface area contributed by atoms with Crippen LogP contribution in [0.1, 0.15) is 50.0 Å². The molecule has 0 radical (unpaired) electrons. The number of nitrogens with zero attached hydrogens (tertiary/aromatic N) is 3. The lowest BCUT2D eigenvalue weighted by molar-refractivity contribution is 0.437. The normalized spacial score (nSPS) is 15.9. The highest BCUT2D eigenvalue weighted by Gasteiger charge is 2.24. The molecule has 1 aliphatic rings. The largest absolute Gasteiger partial charge is 0.356 e. The lowest BCUT2D eigenvalue weighted by Crippen LogP contribution is -2.33. The number of aryl methyl sites for hydroxylation is 1. The molecule has 0 unspecified atom stereocenters. The van der Waals surface area contributed by atoms with Gasteiger partial charge in [-0.3, -0.25) is 0 Å². The van der Waals surface area contributed by atoms with Crippen molar-refractivity contribution >= 4 is 39.0 Å². The molecular weight excluding hydrogens is 374 g/mol. The van der Waals surface area contributed by atoms with Crippen LogP contribution in [0.5, 0.6) is 0 Å². The first-order chi connectivity index (χ1) is 12.9. The van der Waals surface area contributed by atoms with Gasteiger partial charge in [-0.2, -0.15) is 4.98 Å². The molecule has 5 heteroatoms. The summed E-state index contributed by atoms with van der Waals surface area (Å²) in [6, 6.07) is 8.95. The number of thiophene rings is 1. The van der Waals surface area contributed by atoms with Crippen molar-refractivity contribution in [1.82, 2.24) is 9.97 Å². The first-order valence-electron chi connectivity index (χ1n) is 9.76. The van der Waals surface area contributed by atoms with Gasteiger partial charge < -0.3 is 4.90 Å². The molecular formula is C22H26ClN3S. The highest BCUT2D eigenvalue weighted by Crippen LogP contribution is 2.43. The Morgan fingerprint density at radius 1 is 1.11 bits per heavy atom. The summed E-state index contributed by atoms with van der Waals surface area (Å²) < 4.78 is 0. The van der Waals surface area contributed by atoms with Crippen molar-refractivity contribution in [3.05, 3.63) is 40.0 Å². The van der Waals surface area contributed by atoms with E-state index in [2.05, 4.69) is 66.8 Å². The highest BCUT2D eigenvalue weighted by molar-refractivity contribution is 7.19. The molecule has 1 aliphatic heterocycles. The molecule has 0 atom stereocenters. The molecule has 142 valence electrons. The Morgan fingerprint density at radius 3 is 2.41 bits per heavy atom. The number of halogens is 1. The zero-order valence-electron chi connectivity index (χ0n) is 16.4. The minimum absolute atomic E-state index is 0.346. The third kappa shape index (κ3) is 3.57. The van der Waals surface area contributed by atoms with Crippen molar-refractivity contribution in [1.29, 1.82) is 0 Å². The van der Waals surface area contributed by atoms with Crippen molar-refractivity contribution in [2.75, 3.05) is 18.0 Å². The predicted octanol–water partition coefficient (Wildman–Crippen LogP) is 6.68. The molecule has 4 rings (SSSR count). The maximum Gasteiger partial charge on any atom is 0.225 e. The zero-order chi connectivity index (χ0) is 19.1. The van der Waals surface area contributed by atoms with Gasteiger partial charge in [0.05, 0.1) is 5.39 Å². The van der Waals surface area contributed by atoms with E-state index in [0.717, 1.165) is 35.0 Å². The Morgan fingerprint density at radius 2 is 1.78 bits per heavy atom. The topological polar surface area (TPSA) is 29.0 Å². The fourth-order valence-electron chi connectivity index (χ4n) is 3.90. The van der Waals surface area contributed by atoms with Crippen LogP contribution in [0.3, 0.4) is 0 Å². The molecule has 0 spiro atoms. The summed E-state index contributed by atoms with van der Waals surface area (Å²) >= 11 is 8.01. The lowest BCUT2D eigenvalue weighted by Gasteiger charge is -2.31. The summed E-state index contributed by atoms with van der Waals surface area (Å²) in [5.74, 6) is 2.32. The third-order valence-electron chi connectivity index (χ3n) is 5.63. The quantitative estimate of drug-likeness (QED) is 0.460. The molecule has 0 N–H and O–H groups in total. The van der Waals surface area contributed by atoms with Crippen molar-refractivity contribution in [2.45, 2.75) is 46.5 Å². The minimum atomic E-state index is 0.346. The van der Waals surface area contributed by atoms with E-state index in [1.165, 1.54) is 34.4 Å². The van der Waals surface area contributed by atoms with Crippen molar-refractivity contribution < 1.29 is 0 Å². The molecule has 1 saturated heterocycles. The molecule has 3 nitrogen and oxygen atoms in total. The number of rotatable bonds is 3. The van der Waals surface area contributed by atoms with Crippen LogP contribution in [-0.2, 0) is 0 Å². The average molecular weight is 400 g/mol. The molecule has 0 aliphatic carbocycles. The summed E-state index contributed by atoms with van der Waals surface area (Å²) in [4.78, 5) is 13.9. The summed E-state index contributed by atoms with van der Waals surface area (Å²) in [6.07, 6.45) is 2.40. The van der Waals surface area contributed by atoms with Gasteiger partial charge in [0.15, 0.2) is 0 Å². The van der Waals surface area contributed by atoms with Crippen LogP contribution in [0.15, 0.2) is 24.3 Å². The van der Waals surface area contributed by atoms with Gasteiger partial charge in [-0.15, -0.1) is 11.3 Å². The SMILES string of the molecule is Cc1sc2nc(Cl)nc(N3CCC(C)CC3)c2c1-c1ccc(C(C)C)cc1. The third-order valence-corrected chi connectivity index (χ3v) is 6.80. The van der Waals surface area contributed by atoms with E-state index >= 15 is 0 Å². The van der Waals surface area contributed by atoms with E-state index in [4.69, 9.17) is 11.6 Å². The minimum Gasteiger partial charge on any atom is -0.356 e. The molecule has 3 heterocycles. The maximum absolute atomic E-state index is 6.29. The number of fused-ring (bicyclic) bond motifs is 1. The number of benzene rings is 1. The van der Waals surface area contributed by atoms with Gasteiger partial charge in [0.1, 0.15) is 10.6 Å². The second-order valence-electron chi connectivity index (χ2n) is 7.98. The van der Waals surface area contributed by atoms with Gasteiger partial charge in [-0.05, 0) is 54.3 Å². The first-order valence-corrected chi connectivity index (χ1v) is 11.0. The van der Waals surface area contributed by atoms with E-state index < -0.39 is 0 Å². The Kier molecular flexibility index (Phi) is 5.13. The Balaban J connectivity index is 1.86. The molecule has 1 fully saturated rings. The van der Waals surface area contributed by atoms with Crippen molar-refractivity contribution in [3.63, 3.8) is 0 Å². The van der Waals surface area contributed by atoms with Gasteiger partial charge in [-0.25, -0.2) is 4.98 Å². The second kappa shape index (κ2) is 7.40. The van der Waals surface area contributed by atoms with Gasteiger partial charge in [0.25, 0.3) is 0 Å². The van der Waals surface area contributed by atoms with Crippen LogP contribution in [0.4, 0.5) is 5.82 Å². The van der Waals surface area contributed by atoms with E-state index in [0.29, 0.717) is 11.2 Å². The number of hydrogen-bond acceptors (Lipinski definition) is 4. The van der Waals surface area contributed by atoms with Gasteiger partial charge in [-0.1, -0.05) is 45.0 Å². The fourth-order valence-corrected chi connectivity index (χ4v) is 5.15. The predicted molar refractivity (Wildman–Crippen MR) is 117 cm³/mol. The Hall–Kier alpha value is -1.65. The number of piperidine rings is 1. The van der Waals surface area contributed by atoms with Crippen molar-refractivity contribution in [2.24, 2.45) is 5.92 Å². The standard InChI is InChI=1S/C22H26ClN3S/c1-13(2)16-5-7-17(8-6-16)18-15(4)27-21-19(18)20(24-22(23)25-21)26-11-9-14(3)10-12-26/h5-8,13-14H,9-12H2,1-4H3. The Bertz CT molecular complexity index is 954. The maximum atomic E-state index is 6.29. The lowest BCUT2D eigenvalue weighted by atomic mass is 9.96. The average Bonchev–Trinajstić information content (AvgIpc) is 2.97. The van der Waals surface area contributed by atoms with Crippen LogP contribution in [0, 0.1) is 12.8 Å². The van der Waals surface area contributed by atoms with E-state index in [1.807, 2.05) is 0 Å². The Labute approximate surface area is 170 Å². The van der Waals surface area contributed by atoms with Gasteiger partial charge in [0.2, 0.25) is 5.28 Å². The number of hydrogen-bond donors (Lipinski definition) is 0. The summed E-state index contributed by atoms with van der Waals surface area (Å²) in [6.45, 7) is 11.0. The molecule has 0 bridgehead atoms. The van der Waals surface area contributed by atoms with Gasteiger partial charge >= 0.3 is 0 Å². The highest BCUT2D eigenvalue weighted by atomic mass is 35.5. The summed E-state index contributed by atoms with van der Waals surface area (Å²) in [7, 11) is 0. The van der Waals surface area contributed by atoms with E-state index in [1.54, 1.807) is 11.3 Å². The molecule has 0 saturated carbocycles. The van der Waals surface area contributed by atoms with Gasteiger partial charge in [0, 0.05) is 23.5 Å². The second-order valence-corrected chi connectivity index (χ2v) is 9.52.